The van der Waals surface area contributed by atoms with Gasteiger partial charge in [-0.05, 0) is 50.4 Å². The molecule has 1 N–H and O–H groups in total. The van der Waals surface area contributed by atoms with E-state index >= 15 is 0 Å². The first kappa shape index (κ1) is 19.9. The molecule has 0 spiro atoms. The Hall–Kier alpha value is -1.77. The maximum absolute atomic E-state index is 13.4. The summed E-state index contributed by atoms with van der Waals surface area (Å²) in [6.45, 7) is 0.454. The highest BCUT2D eigenvalue weighted by Crippen LogP contribution is 2.62. The smallest absolute Gasteiger partial charge is 0.377 e. The highest BCUT2D eigenvalue weighted by atomic mass is 19.3. The van der Waals surface area contributed by atoms with Gasteiger partial charge in [0.25, 0.3) is 0 Å². The SMILES string of the molecule is CC(F)(F)C(=O)OC1C2CC3C1OC(=O)C3C2C(=O)OC12CC3CC(CC(O)(C3)C1)C2. The monoisotopic (exact) mass is 440 g/mol. The number of halogens is 2. The fourth-order valence-corrected chi connectivity index (χ4v) is 8.23. The molecule has 0 aromatic carbocycles. The summed E-state index contributed by atoms with van der Waals surface area (Å²) in [5, 5.41) is 10.9. The van der Waals surface area contributed by atoms with Crippen molar-refractivity contribution in [1.29, 1.82) is 0 Å². The van der Waals surface area contributed by atoms with Crippen LogP contribution in [0, 0.1) is 35.5 Å². The summed E-state index contributed by atoms with van der Waals surface area (Å²) in [6.07, 6.45) is 2.87. The Morgan fingerprint density at radius 3 is 2.42 bits per heavy atom. The van der Waals surface area contributed by atoms with E-state index in [0.29, 0.717) is 44.4 Å². The Morgan fingerprint density at radius 1 is 1.13 bits per heavy atom. The minimum Gasteiger partial charge on any atom is -0.459 e. The molecule has 8 unspecified atom stereocenters. The molecule has 8 atom stereocenters. The summed E-state index contributed by atoms with van der Waals surface area (Å²) in [5.74, 6) is -8.29. The van der Waals surface area contributed by atoms with Crippen LogP contribution in [0.25, 0.3) is 0 Å². The Balaban J connectivity index is 1.25. The number of esters is 3. The maximum atomic E-state index is 13.4. The van der Waals surface area contributed by atoms with E-state index in [4.69, 9.17) is 14.2 Å². The molecule has 7 nitrogen and oxygen atoms in total. The van der Waals surface area contributed by atoms with Crippen LogP contribution < -0.4 is 0 Å². The minimum absolute atomic E-state index is 0.320. The number of hydrogen-bond acceptors (Lipinski definition) is 7. The second-order valence-electron chi connectivity index (χ2n) is 11.1. The van der Waals surface area contributed by atoms with Crippen LogP contribution in [0.5, 0.6) is 0 Å². The molecule has 0 radical (unpaired) electrons. The first-order chi connectivity index (χ1) is 14.5. The van der Waals surface area contributed by atoms with Crippen LogP contribution in [0.4, 0.5) is 8.78 Å². The van der Waals surface area contributed by atoms with E-state index in [0.717, 1.165) is 19.3 Å². The van der Waals surface area contributed by atoms with Crippen molar-refractivity contribution in [3.8, 4) is 0 Å². The van der Waals surface area contributed by atoms with E-state index in [1.807, 2.05) is 0 Å². The number of fused-ring (bicyclic) bond motifs is 1. The van der Waals surface area contributed by atoms with E-state index in [9.17, 15) is 28.3 Å². The third kappa shape index (κ3) is 2.80. The average Bonchev–Trinajstić information content (AvgIpc) is 3.21. The zero-order chi connectivity index (χ0) is 21.9. The molecule has 6 saturated carbocycles. The van der Waals surface area contributed by atoms with Crippen molar-refractivity contribution in [3.63, 3.8) is 0 Å². The summed E-state index contributed by atoms with van der Waals surface area (Å²) in [7, 11) is 0. The molecule has 1 aliphatic heterocycles. The van der Waals surface area contributed by atoms with Crippen LogP contribution in [-0.2, 0) is 28.6 Å². The number of alkyl halides is 2. The van der Waals surface area contributed by atoms with E-state index in [2.05, 4.69) is 0 Å². The van der Waals surface area contributed by atoms with Gasteiger partial charge in [-0.1, -0.05) is 0 Å². The second kappa shape index (κ2) is 5.97. The molecule has 9 heteroatoms. The molecule has 1 saturated heterocycles. The summed E-state index contributed by atoms with van der Waals surface area (Å²) in [5.41, 5.74) is -1.54. The lowest BCUT2D eigenvalue weighted by atomic mass is 9.52. The van der Waals surface area contributed by atoms with Gasteiger partial charge in [-0.3, -0.25) is 9.59 Å². The molecular formula is C22H26F2O7. The third-order valence-corrected chi connectivity index (χ3v) is 8.71. The Bertz CT molecular complexity index is 852. The first-order valence-corrected chi connectivity index (χ1v) is 11.2. The van der Waals surface area contributed by atoms with E-state index < -0.39 is 65.0 Å². The van der Waals surface area contributed by atoms with Crippen LogP contribution in [0.2, 0.25) is 0 Å². The topological polar surface area (TPSA) is 99.1 Å². The van der Waals surface area contributed by atoms with Gasteiger partial charge in [0.05, 0.1) is 17.4 Å². The summed E-state index contributed by atoms with van der Waals surface area (Å²) < 4.78 is 43.3. The molecule has 170 valence electrons. The third-order valence-electron chi connectivity index (χ3n) is 8.71. The predicted molar refractivity (Wildman–Crippen MR) is 97.4 cm³/mol. The van der Waals surface area contributed by atoms with E-state index in [1.54, 1.807) is 0 Å². The van der Waals surface area contributed by atoms with Crippen molar-refractivity contribution < 1.29 is 42.5 Å². The molecule has 1 heterocycles. The van der Waals surface area contributed by atoms with E-state index in [1.165, 1.54) is 0 Å². The number of ether oxygens (including phenoxy) is 3. The normalized spacial score (nSPS) is 51.2. The van der Waals surface area contributed by atoms with Crippen LogP contribution in [-0.4, -0.2) is 52.3 Å². The van der Waals surface area contributed by atoms with Gasteiger partial charge in [0.2, 0.25) is 0 Å². The van der Waals surface area contributed by atoms with Crippen molar-refractivity contribution in [3.05, 3.63) is 0 Å². The highest BCUT2D eigenvalue weighted by molar-refractivity contribution is 5.86. The standard InChI is InChI=1S/C22H26F2O7/c1-20(23,24)19(27)30-16-12-3-11-13(17(25)29-15(11)16)14(12)18(26)31-22-6-9-2-10(7-22)5-21(28,4-9)8-22/h9-16,28H,2-8H2,1H3. The van der Waals surface area contributed by atoms with E-state index in [-0.39, 0.29) is 5.92 Å². The quantitative estimate of drug-likeness (QED) is 0.527. The maximum Gasteiger partial charge on any atom is 0.377 e. The van der Waals surface area contributed by atoms with Crippen molar-refractivity contribution in [2.75, 3.05) is 0 Å². The first-order valence-electron chi connectivity index (χ1n) is 11.2. The summed E-state index contributed by atoms with van der Waals surface area (Å²) in [6, 6.07) is 0. The van der Waals surface area contributed by atoms with Crippen LogP contribution >= 0.6 is 0 Å². The highest BCUT2D eigenvalue weighted by Gasteiger charge is 2.71. The molecule has 7 fully saturated rings. The fraction of sp³-hybridized carbons (Fsp3) is 0.864. The lowest BCUT2D eigenvalue weighted by Gasteiger charge is -2.59. The molecule has 7 aliphatic rings. The van der Waals surface area contributed by atoms with Crippen molar-refractivity contribution in [2.45, 2.75) is 81.2 Å². The lowest BCUT2D eigenvalue weighted by Crippen LogP contribution is -2.61. The number of aliphatic hydroxyl groups is 1. The number of rotatable bonds is 4. The molecule has 0 aromatic rings. The predicted octanol–water partition coefficient (Wildman–Crippen LogP) is 1.99. The molecule has 6 aliphatic carbocycles. The summed E-state index contributed by atoms with van der Waals surface area (Å²) >= 11 is 0. The average molecular weight is 440 g/mol. The second-order valence-corrected chi connectivity index (χ2v) is 11.1. The number of carbonyl (C=O) groups excluding carboxylic acids is 3. The van der Waals surface area contributed by atoms with Gasteiger partial charge in [-0.25, -0.2) is 4.79 Å². The zero-order valence-electron chi connectivity index (χ0n) is 17.2. The van der Waals surface area contributed by atoms with Gasteiger partial charge < -0.3 is 19.3 Å². The van der Waals surface area contributed by atoms with Crippen molar-refractivity contribution in [1.82, 2.24) is 0 Å². The lowest BCUT2D eigenvalue weighted by molar-refractivity contribution is -0.225. The van der Waals surface area contributed by atoms with Gasteiger partial charge in [0.15, 0.2) is 0 Å². The van der Waals surface area contributed by atoms with Gasteiger partial charge >= 0.3 is 23.8 Å². The number of carbonyl (C=O) groups is 3. The molecule has 0 aromatic heterocycles. The molecule has 6 bridgehead atoms. The van der Waals surface area contributed by atoms with Crippen LogP contribution in [0.1, 0.15) is 51.9 Å². The Kier molecular flexibility index (Phi) is 3.83. The van der Waals surface area contributed by atoms with Gasteiger partial charge in [0, 0.05) is 25.2 Å². The summed E-state index contributed by atoms with van der Waals surface area (Å²) in [4.78, 5) is 37.7. The molecule has 31 heavy (non-hydrogen) atoms. The molecule has 7 rings (SSSR count). The molecule has 0 amide bonds. The minimum atomic E-state index is -3.67. The number of hydrogen-bond donors (Lipinski definition) is 1. The fourth-order valence-electron chi connectivity index (χ4n) is 8.23. The Morgan fingerprint density at radius 2 is 1.81 bits per heavy atom. The largest absolute Gasteiger partial charge is 0.459 e. The van der Waals surface area contributed by atoms with Crippen molar-refractivity contribution >= 4 is 17.9 Å². The van der Waals surface area contributed by atoms with Gasteiger partial charge in [-0.15, -0.1) is 0 Å². The van der Waals surface area contributed by atoms with Gasteiger partial charge in [0.1, 0.15) is 17.8 Å². The van der Waals surface area contributed by atoms with Gasteiger partial charge in [-0.2, -0.15) is 8.78 Å². The van der Waals surface area contributed by atoms with Crippen LogP contribution in [0.3, 0.4) is 0 Å². The molecular weight excluding hydrogens is 414 g/mol. The van der Waals surface area contributed by atoms with Crippen molar-refractivity contribution in [2.24, 2.45) is 35.5 Å². The van der Waals surface area contributed by atoms with Crippen LogP contribution in [0.15, 0.2) is 0 Å². The Labute approximate surface area is 177 Å². The zero-order valence-corrected chi connectivity index (χ0v) is 17.2.